The first-order chi connectivity index (χ1) is 9.23. The quantitative estimate of drug-likeness (QED) is 0.919. The Labute approximate surface area is 119 Å². The summed E-state index contributed by atoms with van der Waals surface area (Å²) in [5.74, 6) is 0.500. The molecule has 5 nitrogen and oxygen atoms in total. The molecule has 0 heterocycles. The highest BCUT2D eigenvalue weighted by molar-refractivity contribution is 5.90. The molecule has 1 aromatic carbocycles. The molecule has 1 aromatic rings. The van der Waals surface area contributed by atoms with E-state index in [0.717, 1.165) is 0 Å². The molecule has 0 aliphatic heterocycles. The lowest BCUT2D eigenvalue weighted by Gasteiger charge is -2.21. The Morgan fingerprint density at radius 1 is 1.25 bits per heavy atom. The van der Waals surface area contributed by atoms with E-state index in [0.29, 0.717) is 17.0 Å². The second-order valence-electron chi connectivity index (χ2n) is 5.50. The summed E-state index contributed by atoms with van der Waals surface area (Å²) in [6, 6.07) is 5.27. The molecule has 1 N–H and O–H groups in total. The fourth-order valence-corrected chi connectivity index (χ4v) is 1.71. The summed E-state index contributed by atoms with van der Waals surface area (Å²) in [5, 5.41) is 2.65. The number of hydrogen-bond donors (Lipinski definition) is 1. The predicted molar refractivity (Wildman–Crippen MR) is 77.2 cm³/mol. The molecule has 0 aliphatic rings. The number of para-hydroxylation sites is 1. The Bertz CT molecular complexity index is 503. The topological polar surface area (TPSA) is 64.6 Å². The van der Waals surface area contributed by atoms with Crippen LogP contribution in [0, 0.1) is 0 Å². The van der Waals surface area contributed by atoms with Gasteiger partial charge in [0.25, 0.3) is 0 Å². The van der Waals surface area contributed by atoms with Crippen LogP contribution in [0.5, 0.6) is 5.75 Å². The zero-order valence-electron chi connectivity index (χ0n) is 12.6. The van der Waals surface area contributed by atoms with Gasteiger partial charge >= 0.3 is 6.09 Å². The highest BCUT2D eigenvalue weighted by atomic mass is 16.6. The second-order valence-corrected chi connectivity index (χ2v) is 5.50. The number of benzene rings is 1. The highest BCUT2D eigenvalue weighted by Crippen LogP contribution is 2.29. The number of ketones is 1. The Kier molecular flexibility index (Phi) is 5.13. The summed E-state index contributed by atoms with van der Waals surface area (Å²) in [6.45, 7) is 6.85. The SMILES string of the molecule is COc1cccc(CC(C)=O)c1NC(=O)OC(C)(C)C. The van der Waals surface area contributed by atoms with Crippen molar-refractivity contribution in [3.05, 3.63) is 23.8 Å². The lowest BCUT2D eigenvalue weighted by Crippen LogP contribution is -2.27. The Morgan fingerprint density at radius 2 is 1.90 bits per heavy atom. The van der Waals surface area contributed by atoms with Gasteiger partial charge in [-0.25, -0.2) is 4.79 Å². The Balaban J connectivity index is 3.02. The summed E-state index contributed by atoms with van der Waals surface area (Å²) < 4.78 is 10.4. The molecular formula is C15H21NO4. The molecule has 20 heavy (non-hydrogen) atoms. The summed E-state index contributed by atoms with van der Waals surface area (Å²) in [5.41, 5.74) is 0.578. The average molecular weight is 279 g/mol. The van der Waals surface area contributed by atoms with Crippen LogP contribution in [0.3, 0.4) is 0 Å². The molecular weight excluding hydrogens is 258 g/mol. The van der Waals surface area contributed by atoms with E-state index >= 15 is 0 Å². The minimum atomic E-state index is -0.590. The molecule has 0 unspecified atom stereocenters. The molecule has 110 valence electrons. The van der Waals surface area contributed by atoms with E-state index < -0.39 is 11.7 Å². The number of carbonyl (C=O) groups excluding carboxylic acids is 2. The lowest BCUT2D eigenvalue weighted by atomic mass is 10.1. The standard InChI is InChI=1S/C15H21NO4/c1-10(17)9-11-7-6-8-12(19-5)13(11)16-14(18)20-15(2,3)4/h6-8H,9H2,1-5H3,(H,16,18). The van der Waals surface area contributed by atoms with Gasteiger partial charge in [-0.1, -0.05) is 12.1 Å². The van der Waals surface area contributed by atoms with Crippen molar-refractivity contribution >= 4 is 17.6 Å². The maximum atomic E-state index is 11.9. The zero-order chi connectivity index (χ0) is 15.3. The van der Waals surface area contributed by atoms with Gasteiger partial charge in [-0.05, 0) is 39.3 Å². The van der Waals surface area contributed by atoms with Crippen LogP contribution in [-0.2, 0) is 16.0 Å². The summed E-state index contributed by atoms with van der Waals surface area (Å²) in [6.07, 6.45) is -0.353. The average Bonchev–Trinajstić information content (AvgIpc) is 2.28. The molecule has 0 saturated carbocycles. The van der Waals surface area contributed by atoms with Gasteiger partial charge in [-0.15, -0.1) is 0 Å². The summed E-state index contributed by atoms with van der Waals surface area (Å²) in [7, 11) is 1.51. The van der Waals surface area contributed by atoms with Crippen molar-refractivity contribution in [3.63, 3.8) is 0 Å². The van der Waals surface area contributed by atoms with Crippen LogP contribution < -0.4 is 10.1 Å². The van der Waals surface area contributed by atoms with Gasteiger partial charge in [0.2, 0.25) is 0 Å². The third-order valence-corrected chi connectivity index (χ3v) is 2.40. The summed E-state index contributed by atoms with van der Waals surface area (Å²) >= 11 is 0. The monoisotopic (exact) mass is 279 g/mol. The highest BCUT2D eigenvalue weighted by Gasteiger charge is 2.19. The zero-order valence-corrected chi connectivity index (χ0v) is 12.6. The van der Waals surface area contributed by atoms with Gasteiger partial charge < -0.3 is 9.47 Å². The fourth-order valence-electron chi connectivity index (χ4n) is 1.71. The van der Waals surface area contributed by atoms with E-state index in [4.69, 9.17) is 9.47 Å². The van der Waals surface area contributed by atoms with Crippen molar-refractivity contribution in [1.29, 1.82) is 0 Å². The molecule has 5 heteroatoms. The van der Waals surface area contributed by atoms with Crippen molar-refractivity contribution in [2.75, 3.05) is 12.4 Å². The molecule has 0 aromatic heterocycles. The van der Waals surface area contributed by atoms with Gasteiger partial charge in [0.1, 0.15) is 17.1 Å². The maximum absolute atomic E-state index is 11.9. The first-order valence-corrected chi connectivity index (χ1v) is 6.38. The molecule has 0 fully saturated rings. The van der Waals surface area contributed by atoms with Gasteiger partial charge in [-0.2, -0.15) is 0 Å². The van der Waals surface area contributed by atoms with Crippen molar-refractivity contribution in [1.82, 2.24) is 0 Å². The van der Waals surface area contributed by atoms with E-state index in [1.54, 1.807) is 39.0 Å². The number of nitrogens with one attached hydrogen (secondary N) is 1. The summed E-state index contributed by atoms with van der Waals surface area (Å²) in [4.78, 5) is 23.2. The van der Waals surface area contributed by atoms with Crippen molar-refractivity contribution < 1.29 is 19.1 Å². The minimum Gasteiger partial charge on any atom is -0.495 e. The Morgan fingerprint density at radius 3 is 2.40 bits per heavy atom. The third kappa shape index (κ3) is 4.91. The van der Waals surface area contributed by atoms with Crippen LogP contribution in [0.4, 0.5) is 10.5 Å². The van der Waals surface area contributed by atoms with Crippen LogP contribution in [0.25, 0.3) is 0 Å². The minimum absolute atomic E-state index is 0.00508. The number of amides is 1. The van der Waals surface area contributed by atoms with E-state index in [2.05, 4.69) is 5.32 Å². The van der Waals surface area contributed by atoms with Crippen LogP contribution in [0.15, 0.2) is 18.2 Å². The van der Waals surface area contributed by atoms with E-state index in [1.165, 1.54) is 14.0 Å². The van der Waals surface area contributed by atoms with Crippen molar-refractivity contribution in [3.8, 4) is 5.75 Å². The van der Waals surface area contributed by atoms with Crippen LogP contribution in [0.1, 0.15) is 33.3 Å². The molecule has 0 radical (unpaired) electrons. The predicted octanol–water partition coefficient (Wildman–Crippen LogP) is 3.17. The number of rotatable bonds is 4. The smallest absolute Gasteiger partial charge is 0.412 e. The molecule has 0 atom stereocenters. The maximum Gasteiger partial charge on any atom is 0.412 e. The number of Topliss-reactive ketones (excluding diaryl/α,β-unsaturated/α-hetero) is 1. The van der Waals surface area contributed by atoms with Crippen molar-refractivity contribution in [2.45, 2.75) is 39.7 Å². The number of anilines is 1. The molecule has 0 spiro atoms. The molecule has 0 saturated heterocycles. The first kappa shape index (κ1) is 16.0. The van der Waals surface area contributed by atoms with E-state index in [9.17, 15) is 9.59 Å². The van der Waals surface area contributed by atoms with Crippen LogP contribution in [-0.4, -0.2) is 24.6 Å². The number of methoxy groups -OCH3 is 1. The largest absolute Gasteiger partial charge is 0.495 e. The van der Waals surface area contributed by atoms with Gasteiger partial charge in [-0.3, -0.25) is 10.1 Å². The van der Waals surface area contributed by atoms with Crippen LogP contribution >= 0.6 is 0 Å². The fraction of sp³-hybridized carbons (Fsp3) is 0.467. The van der Waals surface area contributed by atoms with E-state index in [1.807, 2.05) is 0 Å². The van der Waals surface area contributed by atoms with E-state index in [-0.39, 0.29) is 12.2 Å². The number of ether oxygens (including phenoxy) is 2. The van der Waals surface area contributed by atoms with Gasteiger partial charge in [0.15, 0.2) is 0 Å². The normalized spacial score (nSPS) is 10.8. The van der Waals surface area contributed by atoms with Crippen LogP contribution in [0.2, 0.25) is 0 Å². The first-order valence-electron chi connectivity index (χ1n) is 6.38. The number of hydrogen-bond acceptors (Lipinski definition) is 4. The molecule has 0 aliphatic carbocycles. The molecule has 1 amide bonds. The second kappa shape index (κ2) is 6.41. The lowest BCUT2D eigenvalue weighted by molar-refractivity contribution is -0.116. The molecule has 1 rings (SSSR count). The van der Waals surface area contributed by atoms with Gasteiger partial charge in [0, 0.05) is 6.42 Å². The molecule has 0 bridgehead atoms. The number of carbonyl (C=O) groups is 2. The van der Waals surface area contributed by atoms with Crippen molar-refractivity contribution in [2.24, 2.45) is 0 Å². The third-order valence-electron chi connectivity index (χ3n) is 2.40. The van der Waals surface area contributed by atoms with Gasteiger partial charge in [0.05, 0.1) is 12.8 Å². The Hall–Kier alpha value is -2.04.